The molecule has 1 aromatic heterocycles. The maximum Gasteiger partial charge on any atom is 0.157 e. The predicted molar refractivity (Wildman–Crippen MR) is 70.4 cm³/mol. The van der Waals surface area contributed by atoms with Gasteiger partial charge in [0.2, 0.25) is 0 Å². The van der Waals surface area contributed by atoms with Gasteiger partial charge in [-0.3, -0.25) is 0 Å². The fraction of sp³-hybridized carbons (Fsp3) is 0.357. The van der Waals surface area contributed by atoms with Crippen molar-refractivity contribution in [1.82, 2.24) is 9.78 Å². The first-order chi connectivity index (χ1) is 8.74. The Morgan fingerprint density at radius 3 is 2.61 bits per heavy atom. The van der Waals surface area contributed by atoms with Crippen LogP contribution in [0.1, 0.15) is 25.5 Å². The molecule has 1 N–H and O–H groups in total. The van der Waals surface area contributed by atoms with Crippen LogP contribution in [-0.2, 0) is 6.42 Å². The molecule has 0 saturated carbocycles. The maximum atomic E-state index is 9.81. The molecule has 96 valence electrons. The first-order valence-corrected chi connectivity index (χ1v) is 6.16. The highest BCUT2D eigenvalue weighted by Gasteiger charge is 2.08. The molecule has 2 aromatic rings. The van der Waals surface area contributed by atoms with Crippen LogP contribution in [0.15, 0.2) is 30.5 Å². The van der Waals surface area contributed by atoms with Crippen LogP contribution in [0, 0.1) is 0 Å². The largest absolute Gasteiger partial charge is 0.504 e. The third kappa shape index (κ3) is 2.64. The summed E-state index contributed by atoms with van der Waals surface area (Å²) in [5.74, 6) is 1.07. The third-order valence-corrected chi connectivity index (χ3v) is 2.87. The molecule has 2 rings (SSSR count). The lowest BCUT2D eigenvalue weighted by Crippen LogP contribution is -1.96. The van der Waals surface area contributed by atoms with Gasteiger partial charge in [0.05, 0.1) is 19.0 Å². The fourth-order valence-corrected chi connectivity index (χ4v) is 1.79. The van der Waals surface area contributed by atoms with Crippen LogP contribution in [0.5, 0.6) is 11.5 Å². The van der Waals surface area contributed by atoms with Crippen molar-refractivity contribution < 1.29 is 9.84 Å². The van der Waals surface area contributed by atoms with Gasteiger partial charge in [-0.05, 0) is 37.1 Å². The van der Waals surface area contributed by atoms with Crippen LogP contribution in [0.3, 0.4) is 0 Å². The maximum absolute atomic E-state index is 9.81. The second-order valence-electron chi connectivity index (χ2n) is 4.21. The Morgan fingerprint density at radius 1 is 1.28 bits per heavy atom. The van der Waals surface area contributed by atoms with E-state index in [9.17, 15) is 5.11 Å². The monoisotopic (exact) mass is 246 g/mol. The van der Waals surface area contributed by atoms with Crippen molar-refractivity contribution >= 4 is 0 Å². The zero-order chi connectivity index (χ0) is 13.0. The minimum atomic E-state index is 0.263. The van der Waals surface area contributed by atoms with E-state index in [0.717, 1.165) is 36.4 Å². The lowest BCUT2D eigenvalue weighted by Gasteiger charge is -2.02. The molecule has 0 aliphatic carbocycles. The summed E-state index contributed by atoms with van der Waals surface area (Å²) in [5.41, 5.74) is 1.67. The molecule has 1 aromatic carbocycles. The average Bonchev–Trinajstić information content (AvgIpc) is 2.78. The van der Waals surface area contributed by atoms with Crippen LogP contribution in [-0.4, -0.2) is 22.0 Å². The molecule has 4 heteroatoms. The van der Waals surface area contributed by atoms with Crippen LogP contribution >= 0.6 is 0 Å². The van der Waals surface area contributed by atoms with Gasteiger partial charge in [-0.25, -0.2) is 4.68 Å². The van der Waals surface area contributed by atoms with Gasteiger partial charge < -0.3 is 9.84 Å². The SMILES string of the molecule is CCCCc1nn(-c2ccc(OC)cc2)cc1O. The van der Waals surface area contributed by atoms with Crippen molar-refractivity contribution in [1.29, 1.82) is 0 Å². The number of nitrogens with zero attached hydrogens (tertiary/aromatic N) is 2. The zero-order valence-corrected chi connectivity index (χ0v) is 10.8. The van der Waals surface area contributed by atoms with E-state index in [1.807, 2.05) is 24.3 Å². The van der Waals surface area contributed by atoms with Gasteiger partial charge in [0.15, 0.2) is 5.75 Å². The number of methoxy groups -OCH3 is 1. The highest BCUT2D eigenvalue weighted by Crippen LogP contribution is 2.21. The van der Waals surface area contributed by atoms with E-state index in [2.05, 4.69) is 12.0 Å². The number of benzene rings is 1. The van der Waals surface area contributed by atoms with Crippen LogP contribution < -0.4 is 4.74 Å². The smallest absolute Gasteiger partial charge is 0.157 e. The Kier molecular flexibility index (Phi) is 3.87. The highest BCUT2D eigenvalue weighted by molar-refractivity contribution is 5.38. The number of hydrogen-bond donors (Lipinski definition) is 1. The Labute approximate surface area is 107 Å². The second kappa shape index (κ2) is 5.58. The molecule has 0 radical (unpaired) electrons. The summed E-state index contributed by atoms with van der Waals surface area (Å²) in [4.78, 5) is 0. The van der Waals surface area contributed by atoms with Gasteiger partial charge in [-0.15, -0.1) is 0 Å². The summed E-state index contributed by atoms with van der Waals surface area (Å²) < 4.78 is 6.80. The molecule has 0 aliphatic rings. The Bertz CT molecular complexity index is 503. The van der Waals surface area contributed by atoms with Crippen molar-refractivity contribution in [2.45, 2.75) is 26.2 Å². The molecule has 0 bridgehead atoms. The first kappa shape index (κ1) is 12.5. The quantitative estimate of drug-likeness (QED) is 0.882. The third-order valence-electron chi connectivity index (χ3n) is 2.87. The summed E-state index contributed by atoms with van der Waals surface area (Å²) in [6, 6.07) is 7.57. The number of ether oxygens (including phenoxy) is 1. The summed E-state index contributed by atoms with van der Waals surface area (Å²) in [6.45, 7) is 2.12. The van der Waals surface area contributed by atoms with Crippen molar-refractivity contribution in [3.63, 3.8) is 0 Å². The molecule has 0 fully saturated rings. The number of rotatable bonds is 5. The summed E-state index contributed by atoms with van der Waals surface area (Å²) in [5, 5.41) is 14.2. The topological polar surface area (TPSA) is 47.3 Å². The van der Waals surface area contributed by atoms with Crippen molar-refractivity contribution in [3.8, 4) is 17.2 Å². The van der Waals surface area contributed by atoms with Crippen molar-refractivity contribution in [3.05, 3.63) is 36.2 Å². The average molecular weight is 246 g/mol. The molecule has 4 nitrogen and oxygen atoms in total. The van der Waals surface area contributed by atoms with E-state index in [4.69, 9.17) is 4.74 Å². The van der Waals surface area contributed by atoms with Crippen LogP contribution in [0.25, 0.3) is 5.69 Å². The number of unbranched alkanes of at least 4 members (excludes halogenated alkanes) is 1. The fourth-order valence-electron chi connectivity index (χ4n) is 1.79. The van der Waals surface area contributed by atoms with Crippen LogP contribution in [0.4, 0.5) is 0 Å². The molecule has 18 heavy (non-hydrogen) atoms. The number of aryl methyl sites for hydroxylation is 1. The molecular weight excluding hydrogens is 228 g/mol. The van der Waals surface area contributed by atoms with Gasteiger partial charge >= 0.3 is 0 Å². The van der Waals surface area contributed by atoms with Gasteiger partial charge in [-0.1, -0.05) is 13.3 Å². The zero-order valence-electron chi connectivity index (χ0n) is 10.8. The lowest BCUT2D eigenvalue weighted by atomic mass is 10.2. The first-order valence-electron chi connectivity index (χ1n) is 6.16. The Balaban J connectivity index is 2.21. The highest BCUT2D eigenvalue weighted by atomic mass is 16.5. The minimum absolute atomic E-state index is 0.263. The summed E-state index contributed by atoms with van der Waals surface area (Å²) >= 11 is 0. The van der Waals surface area contributed by atoms with E-state index in [-0.39, 0.29) is 5.75 Å². The molecule has 0 aliphatic heterocycles. The standard InChI is InChI=1S/C14H18N2O2/c1-3-4-5-13-14(17)10-16(15-13)11-6-8-12(18-2)9-7-11/h6-10,17H,3-5H2,1-2H3. The Hall–Kier alpha value is -1.97. The number of aromatic hydroxyl groups is 1. The predicted octanol–water partition coefficient (Wildman–Crippen LogP) is 2.93. The lowest BCUT2D eigenvalue weighted by molar-refractivity contribution is 0.414. The van der Waals surface area contributed by atoms with Gasteiger partial charge in [0.1, 0.15) is 11.4 Å². The number of aromatic nitrogens is 2. The Morgan fingerprint density at radius 2 is 2.00 bits per heavy atom. The van der Waals surface area contributed by atoms with E-state index < -0.39 is 0 Å². The van der Waals surface area contributed by atoms with E-state index in [1.54, 1.807) is 18.0 Å². The molecule has 0 spiro atoms. The van der Waals surface area contributed by atoms with Crippen molar-refractivity contribution in [2.75, 3.05) is 7.11 Å². The van der Waals surface area contributed by atoms with Gasteiger partial charge in [0, 0.05) is 0 Å². The summed E-state index contributed by atoms with van der Waals surface area (Å²) in [7, 11) is 1.64. The molecule has 0 atom stereocenters. The molecule has 1 heterocycles. The minimum Gasteiger partial charge on any atom is -0.504 e. The van der Waals surface area contributed by atoms with E-state index >= 15 is 0 Å². The van der Waals surface area contributed by atoms with Gasteiger partial charge in [-0.2, -0.15) is 5.10 Å². The molecule has 0 amide bonds. The van der Waals surface area contributed by atoms with E-state index in [0.29, 0.717) is 0 Å². The summed E-state index contributed by atoms with van der Waals surface area (Å²) in [6.07, 6.45) is 4.58. The second-order valence-corrected chi connectivity index (χ2v) is 4.21. The van der Waals surface area contributed by atoms with Crippen LogP contribution in [0.2, 0.25) is 0 Å². The molecule has 0 unspecified atom stereocenters. The normalized spacial score (nSPS) is 10.6. The molecule has 0 saturated heterocycles. The molecular formula is C14H18N2O2. The van der Waals surface area contributed by atoms with E-state index in [1.165, 1.54) is 0 Å². The van der Waals surface area contributed by atoms with Crippen molar-refractivity contribution in [2.24, 2.45) is 0 Å². The van der Waals surface area contributed by atoms with Gasteiger partial charge in [0.25, 0.3) is 0 Å². The number of hydrogen-bond acceptors (Lipinski definition) is 3.